The average molecular weight is 376 g/mol. The Morgan fingerprint density at radius 2 is 1.85 bits per heavy atom. The number of nitrogens with zero attached hydrogens (tertiary/aromatic N) is 1. The molecule has 26 heavy (non-hydrogen) atoms. The number of aryl methyl sites for hydroxylation is 2. The Bertz CT molecular complexity index is 915. The standard InChI is InChI=1S/C19H24N2O4S/c1-13(15-9-8-14-6-4-5-7-16(14)10-15)20-19(22)17-11-18(25-12-17)26(23,24)21(2)3/h8-13H,4-7H2,1-3H3,(H,20,22). The van der Waals surface area contributed by atoms with Crippen molar-refractivity contribution >= 4 is 15.9 Å². The van der Waals surface area contributed by atoms with Crippen LogP contribution in [0.4, 0.5) is 0 Å². The fourth-order valence-corrected chi connectivity index (χ4v) is 3.94. The van der Waals surface area contributed by atoms with Crippen molar-refractivity contribution in [2.24, 2.45) is 0 Å². The van der Waals surface area contributed by atoms with Crippen molar-refractivity contribution < 1.29 is 17.6 Å². The van der Waals surface area contributed by atoms with E-state index in [1.165, 1.54) is 50.4 Å². The maximum atomic E-state index is 12.4. The minimum atomic E-state index is -3.69. The lowest BCUT2D eigenvalue weighted by atomic mass is 9.89. The molecule has 1 aromatic heterocycles. The van der Waals surface area contributed by atoms with Crippen LogP contribution >= 0.6 is 0 Å². The van der Waals surface area contributed by atoms with Gasteiger partial charge in [0.1, 0.15) is 6.26 Å². The summed E-state index contributed by atoms with van der Waals surface area (Å²) in [6, 6.07) is 7.43. The molecule has 2 aromatic rings. The molecular weight excluding hydrogens is 352 g/mol. The number of carbonyl (C=O) groups is 1. The second-order valence-electron chi connectivity index (χ2n) is 6.87. The summed E-state index contributed by atoms with van der Waals surface area (Å²) in [6.07, 6.45) is 5.81. The van der Waals surface area contributed by atoms with Gasteiger partial charge in [0.05, 0.1) is 11.6 Å². The van der Waals surface area contributed by atoms with Crippen molar-refractivity contribution in [2.45, 2.75) is 43.7 Å². The highest BCUT2D eigenvalue weighted by Crippen LogP contribution is 2.25. The Morgan fingerprint density at radius 3 is 2.54 bits per heavy atom. The number of benzene rings is 1. The Kier molecular flexibility index (Phi) is 5.20. The third-order valence-electron chi connectivity index (χ3n) is 4.79. The first-order valence-electron chi connectivity index (χ1n) is 8.72. The van der Waals surface area contributed by atoms with Crippen LogP contribution in [0.2, 0.25) is 0 Å². The second kappa shape index (κ2) is 7.25. The van der Waals surface area contributed by atoms with Gasteiger partial charge >= 0.3 is 0 Å². The van der Waals surface area contributed by atoms with Gasteiger partial charge < -0.3 is 9.73 Å². The van der Waals surface area contributed by atoms with E-state index in [4.69, 9.17) is 4.42 Å². The second-order valence-corrected chi connectivity index (χ2v) is 8.96. The van der Waals surface area contributed by atoms with Crippen LogP contribution in [0.1, 0.15) is 52.9 Å². The van der Waals surface area contributed by atoms with Gasteiger partial charge in [-0.3, -0.25) is 4.79 Å². The largest absolute Gasteiger partial charge is 0.451 e. The molecule has 1 unspecified atom stereocenters. The molecule has 1 aliphatic carbocycles. The molecule has 0 saturated heterocycles. The minimum absolute atomic E-state index is 0.182. The Hall–Kier alpha value is -2.12. The van der Waals surface area contributed by atoms with Gasteiger partial charge in [0.25, 0.3) is 15.9 Å². The van der Waals surface area contributed by atoms with Crippen LogP contribution in [0.15, 0.2) is 40.0 Å². The quantitative estimate of drug-likeness (QED) is 0.870. The zero-order chi connectivity index (χ0) is 18.9. The number of furan rings is 1. The van der Waals surface area contributed by atoms with Gasteiger partial charge in [0, 0.05) is 20.2 Å². The van der Waals surface area contributed by atoms with E-state index < -0.39 is 10.0 Å². The fourth-order valence-electron chi connectivity index (χ4n) is 3.14. The van der Waals surface area contributed by atoms with Crippen LogP contribution < -0.4 is 5.32 Å². The van der Waals surface area contributed by atoms with Gasteiger partial charge in [-0.15, -0.1) is 0 Å². The maximum absolute atomic E-state index is 12.4. The van der Waals surface area contributed by atoms with E-state index >= 15 is 0 Å². The van der Waals surface area contributed by atoms with Crippen molar-refractivity contribution in [3.05, 3.63) is 52.8 Å². The average Bonchev–Trinajstić information content (AvgIpc) is 3.12. The summed E-state index contributed by atoms with van der Waals surface area (Å²) in [7, 11) is -0.869. The van der Waals surface area contributed by atoms with Crippen molar-refractivity contribution in [3.8, 4) is 0 Å². The summed E-state index contributed by atoms with van der Waals surface area (Å²) >= 11 is 0. The van der Waals surface area contributed by atoms with Crippen LogP contribution in [-0.2, 0) is 22.9 Å². The first-order chi connectivity index (χ1) is 12.3. The van der Waals surface area contributed by atoms with E-state index in [0.717, 1.165) is 22.7 Å². The van der Waals surface area contributed by atoms with E-state index in [-0.39, 0.29) is 22.6 Å². The minimum Gasteiger partial charge on any atom is -0.451 e. The number of hydrogen-bond donors (Lipinski definition) is 1. The molecule has 1 N–H and O–H groups in total. The number of amides is 1. The SMILES string of the molecule is CC(NC(=O)c1coc(S(=O)(=O)N(C)C)c1)c1ccc2c(c1)CCCC2. The molecule has 0 radical (unpaired) electrons. The van der Waals surface area contributed by atoms with Crippen LogP contribution in [0.3, 0.4) is 0 Å². The first-order valence-corrected chi connectivity index (χ1v) is 10.2. The monoisotopic (exact) mass is 376 g/mol. The molecule has 3 rings (SSSR count). The highest BCUT2D eigenvalue weighted by Gasteiger charge is 2.24. The molecule has 7 heteroatoms. The predicted octanol–water partition coefficient (Wildman–Crippen LogP) is 2.90. The molecule has 1 aliphatic rings. The summed E-state index contributed by atoms with van der Waals surface area (Å²) < 4.78 is 30.2. The van der Waals surface area contributed by atoms with Crippen molar-refractivity contribution in [1.82, 2.24) is 9.62 Å². The van der Waals surface area contributed by atoms with Crippen LogP contribution in [-0.4, -0.2) is 32.7 Å². The lowest BCUT2D eigenvalue weighted by Gasteiger charge is -2.19. The molecule has 0 fully saturated rings. The molecule has 1 amide bonds. The smallest absolute Gasteiger partial charge is 0.275 e. The molecule has 0 spiro atoms. The summed E-state index contributed by atoms with van der Waals surface area (Å²) in [5.74, 6) is -0.362. The van der Waals surface area contributed by atoms with E-state index in [1.807, 2.05) is 13.0 Å². The Balaban J connectivity index is 1.73. The van der Waals surface area contributed by atoms with Crippen molar-refractivity contribution in [1.29, 1.82) is 0 Å². The molecule has 1 heterocycles. The number of sulfonamides is 1. The molecule has 6 nitrogen and oxygen atoms in total. The van der Waals surface area contributed by atoms with Gasteiger partial charge in [-0.25, -0.2) is 12.7 Å². The summed E-state index contributed by atoms with van der Waals surface area (Å²) in [5.41, 5.74) is 3.99. The molecule has 1 aromatic carbocycles. The van der Waals surface area contributed by atoms with Crippen molar-refractivity contribution in [3.63, 3.8) is 0 Å². The zero-order valence-corrected chi connectivity index (χ0v) is 16.1. The molecule has 0 saturated carbocycles. The highest BCUT2D eigenvalue weighted by molar-refractivity contribution is 7.88. The summed E-state index contributed by atoms with van der Waals surface area (Å²) in [6.45, 7) is 1.92. The summed E-state index contributed by atoms with van der Waals surface area (Å²) in [5, 5.41) is 2.66. The van der Waals surface area contributed by atoms with Crippen LogP contribution in [0, 0.1) is 0 Å². The van der Waals surface area contributed by atoms with Crippen LogP contribution in [0.5, 0.6) is 0 Å². The molecule has 0 bridgehead atoms. The van der Waals surface area contributed by atoms with Gasteiger partial charge in [-0.2, -0.15) is 0 Å². The molecule has 1 atom stereocenters. The topological polar surface area (TPSA) is 79.6 Å². The number of nitrogens with one attached hydrogen (secondary N) is 1. The Labute approximate surface area is 154 Å². The normalized spacial score (nSPS) is 15.5. The molecule has 0 aliphatic heterocycles. The van der Waals surface area contributed by atoms with Crippen molar-refractivity contribution in [2.75, 3.05) is 14.1 Å². The number of fused-ring (bicyclic) bond motifs is 1. The third-order valence-corrected chi connectivity index (χ3v) is 6.48. The number of hydrogen-bond acceptors (Lipinski definition) is 4. The molecular formula is C19H24N2O4S. The Morgan fingerprint density at radius 1 is 1.15 bits per heavy atom. The highest BCUT2D eigenvalue weighted by atomic mass is 32.2. The van der Waals surface area contributed by atoms with E-state index in [9.17, 15) is 13.2 Å². The van der Waals surface area contributed by atoms with E-state index in [1.54, 1.807) is 0 Å². The van der Waals surface area contributed by atoms with Gasteiger partial charge in [0.15, 0.2) is 0 Å². The lowest BCUT2D eigenvalue weighted by molar-refractivity contribution is 0.0939. The van der Waals surface area contributed by atoms with E-state index in [2.05, 4.69) is 17.4 Å². The number of rotatable bonds is 5. The predicted molar refractivity (Wildman–Crippen MR) is 98.5 cm³/mol. The fraction of sp³-hybridized carbons (Fsp3) is 0.421. The zero-order valence-electron chi connectivity index (χ0n) is 15.3. The third kappa shape index (κ3) is 3.68. The van der Waals surface area contributed by atoms with Crippen LogP contribution in [0.25, 0.3) is 0 Å². The van der Waals surface area contributed by atoms with Gasteiger partial charge in [-0.05, 0) is 49.3 Å². The number of carbonyl (C=O) groups excluding carboxylic acids is 1. The van der Waals surface area contributed by atoms with E-state index in [0.29, 0.717) is 0 Å². The summed E-state index contributed by atoms with van der Waals surface area (Å²) in [4.78, 5) is 12.4. The molecule has 140 valence electrons. The maximum Gasteiger partial charge on any atom is 0.275 e. The van der Waals surface area contributed by atoms with Gasteiger partial charge in [0.2, 0.25) is 5.09 Å². The lowest BCUT2D eigenvalue weighted by Crippen LogP contribution is -2.26. The first kappa shape index (κ1) is 18.7. The van der Waals surface area contributed by atoms with Gasteiger partial charge in [-0.1, -0.05) is 18.2 Å².